The van der Waals surface area contributed by atoms with Crippen LogP contribution in [0.2, 0.25) is 0 Å². The largest absolute Gasteiger partial charge is 0.397 e. The molecule has 0 bridgehead atoms. The van der Waals surface area contributed by atoms with Gasteiger partial charge in [-0.15, -0.1) is 0 Å². The summed E-state index contributed by atoms with van der Waals surface area (Å²) in [6, 6.07) is 7.64. The third-order valence-corrected chi connectivity index (χ3v) is 1.71. The molecule has 0 fully saturated rings. The zero-order chi connectivity index (χ0) is 8.97. The second kappa shape index (κ2) is 4.16. The molecular formula is C9H11BrN2. The fraction of sp³-hybridized carbons (Fsp3) is 0.111. The minimum Gasteiger partial charge on any atom is -0.397 e. The molecule has 0 unspecified atom stereocenters. The first kappa shape index (κ1) is 9.13. The molecule has 0 amide bonds. The van der Waals surface area contributed by atoms with Crippen molar-refractivity contribution in [1.29, 1.82) is 0 Å². The SMILES string of the molecule is C=C(Br)CNc1ccccc1N. The molecule has 0 heterocycles. The Balaban J connectivity index is 2.63. The maximum Gasteiger partial charge on any atom is 0.0576 e. The molecule has 0 aliphatic carbocycles. The normalized spacial score (nSPS) is 9.42. The summed E-state index contributed by atoms with van der Waals surface area (Å²) in [5, 5.41) is 3.14. The molecule has 1 aromatic rings. The number of rotatable bonds is 3. The lowest BCUT2D eigenvalue weighted by Gasteiger charge is -2.07. The van der Waals surface area contributed by atoms with Crippen molar-refractivity contribution in [2.45, 2.75) is 0 Å². The van der Waals surface area contributed by atoms with Gasteiger partial charge < -0.3 is 11.1 Å². The minimum absolute atomic E-state index is 0.689. The molecule has 0 saturated heterocycles. The van der Waals surface area contributed by atoms with Crippen LogP contribution in [0.3, 0.4) is 0 Å². The van der Waals surface area contributed by atoms with Crippen molar-refractivity contribution in [3.63, 3.8) is 0 Å². The number of benzene rings is 1. The number of nitrogens with two attached hydrogens (primary N) is 1. The number of hydrogen-bond acceptors (Lipinski definition) is 2. The van der Waals surface area contributed by atoms with Crippen LogP contribution in [0.15, 0.2) is 35.3 Å². The molecule has 2 nitrogen and oxygen atoms in total. The molecule has 0 aliphatic rings. The average molecular weight is 227 g/mol. The van der Waals surface area contributed by atoms with E-state index < -0.39 is 0 Å². The summed E-state index contributed by atoms with van der Waals surface area (Å²) >= 11 is 3.26. The van der Waals surface area contributed by atoms with Crippen LogP contribution < -0.4 is 11.1 Å². The monoisotopic (exact) mass is 226 g/mol. The number of anilines is 2. The summed E-state index contributed by atoms with van der Waals surface area (Å²) in [4.78, 5) is 0. The summed E-state index contributed by atoms with van der Waals surface area (Å²) < 4.78 is 0.908. The molecule has 0 radical (unpaired) electrons. The van der Waals surface area contributed by atoms with E-state index >= 15 is 0 Å². The fourth-order valence-corrected chi connectivity index (χ4v) is 0.989. The van der Waals surface area contributed by atoms with Crippen molar-refractivity contribution < 1.29 is 0 Å². The smallest absolute Gasteiger partial charge is 0.0576 e. The van der Waals surface area contributed by atoms with Crippen molar-refractivity contribution in [3.8, 4) is 0 Å². The van der Waals surface area contributed by atoms with Crippen molar-refractivity contribution in [3.05, 3.63) is 35.3 Å². The van der Waals surface area contributed by atoms with Crippen molar-refractivity contribution in [2.75, 3.05) is 17.6 Å². The van der Waals surface area contributed by atoms with Crippen LogP contribution in [0.4, 0.5) is 11.4 Å². The van der Waals surface area contributed by atoms with Gasteiger partial charge in [-0.1, -0.05) is 34.6 Å². The zero-order valence-electron chi connectivity index (χ0n) is 6.68. The first-order valence-corrected chi connectivity index (χ1v) is 4.41. The number of hydrogen-bond donors (Lipinski definition) is 2. The van der Waals surface area contributed by atoms with E-state index in [1.54, 1.807) is 0 Å². The predicted octanol–water partition coefficient (Wildman–Crippen LogP) is 2.59. The number of para-hydroxylation sites is 2. The highest BCUT2D eigenvalue weighted by Crippen LogP contribution is 2.17. The molecule has 0 aromatic heterocycles. The Morgan fingerprint density at radius 2 is 2.17 bits per heavy atom. The highest BCUT2D eigenvalue weighted by molar-refractivity contribution is 9.11. The second-order valence-electron chi connectivity index (χ2n) is 2.46. The van der Waals surface area contributed by atoms with Gasteiger partial charge in [0.05, 0.1) is 11.4 Å². The van der Waals surface area contributed by atoms with E-state index in [1.807, 2.05) is 24.3 Å². The van der Waals surface area contributed by atoms with E-state index in [0.29, 0.717) is 6.54 Å². The predicted molar refractivity (Wildman–Crippen MR) is 57.4 cm³/mol. The molecule has 12 heavy (non-hydrogen) atoms. The van der Waals surface area contributed by atoms with Crippen molar-refractivity contribution in [1.82, 2.24) is 0 Å². The highest BCUT2D eigenvalue weighted by Gasteiger charge is 1.95. The summed E-state index contributed by atoms with van der Waals surface area (Å²) in [5.74, 6) is 0. The maximum absolute atomic E-state index is 5.70. The molecule has 1 rings (SSSR count). The Hall–Kier alpha value is -0.960. The number of nitrogens with one attached hydrogen (secondary N) is 1. The Kier molecular flexibility index (Phi) is 3.17. The van der Waals surface area contributed by atoms with E-state index in [9.17, 15) is 0 Å². The van der Waals surface area contributed by atoms with Crippen LogP contribution >= 0.6 is 15.9 Å². The second-order valence-corrected chi connectivity index (χ2v) is 3.58. The molecule has 0 spiro atoms. The van der Waals surface area contributed by atoms with E-state index in [0.717, 1.165) is 15.9 Å². The van der Waals surface area contributed by atoms with Crippen molar-refractivity contribution >= 4 is 27.3 Å². The van der Waals surface area contributed by atoms with Gasteiger partial charge in [0.25, 0.3) is 0 Å². The molecule has 1 aromatic carbocycles. The van der Waals surface area contributed by atoms with Gasteiger partial charge in [0.15, 0.2) is 0 Å². The van der Waals surface area contributed by atoms with Gasteiger partial charge in [0.1, 0.15) is 0 Å². The number of halogens is 1. The average Bonchev–Trinajstić information content (AvgIpc) is 2.03. The van der Waals surface area contributed by atoms with Crippen molar-refractivity contribution in [2.24, 2.45) is 0 Å². The van der Waals surface area contributed by atoms with E-state index in [1.165, 1.54) is 0 Å². The lowest BCUT2D eigenvalue weighted by atomic mass is 10.3. The molecule has 3 heteroatoms. The number of nitrogen functional groups attached to an aromatic ring is 1. The van der Waals surface area contributed by atoms with Gasteiger partial charge in [0.2, 0.25) is 0 Å². The summed E-state index contributed by atoms with van der Waals surface area (Å²) in [7, 11) is 0. The Morgan fingerprint density at radius 3 is 2.75 bits per heavy atom. The van der Waals surface area contributed by atoms with E-state index in [4.69, 9.17) is 5.73 Å². The molecular weight excluding hydrogens is 216 g/mol. The van der Waals surface area contributed by atoms with Crippen LogP contribution in [-0.2, 0) is 0 Å². The Bertz CT molecular complexity index is 284. The topological polar surface area (TPSA) is 38.0 Å². The fourth-order valence-electron chi connectivity index (χ4n) is 0.849. The van der Waals surface area contributed by atoms with Gasteiger partial charge in [0, 0.05) is 11.0 Å². The van der Waals surface area contributed by atoms with E-state index in [-0.39, 0.29) is 0 Å². The lowest BCUT2D eigenvalue weighted by molar-refractivity contribution is 1.33. The van der Waals surface area contributed by atoms with Gasteiger partial charge in [-0.25, -0.2) is 0 Å². The standard InChI is InChI=1S/C9H11BrN2/c1-7(10)6-12-9-5-3-2-4-8(9)11/h2-5,12H,1,6,11H2. The first-order chi connectivity index (χ1) is 5.70. The molecule has 0 saturated carbocycles. The summed E-state index contributed by atoms with van der Waals surface area (Å²) in [6.45, 7) is 4.40. The molecule has 3 N–H and O–H groups in total. The lowest BCUT2D eigenvalue weighted by Crippen LogP contribution is -2.02. The maximum atomic E-state index is 5.70. The molecule has 64 valence electrons. The van der Waals surface area contributed by atoms with Gasteiger partial charge in [-0.2, -0.15) is 0 Å². The van der Waals surface area contributed by atoms with Gasteiger partial charge in [-0.05, 0) is 12.1 Å². The first-order valence-electron chi connectivity index (χ1n) is 3.62. The van der Waals surface area contributed by atoms with Gasteiger partial charge >= 0.3 is 0 Å². The quantitative estimate of drug-likeness (QED) is 0.779. The Morgan fingerprint density at radius 1 is 1.50 bits per heavy atom. The highest BCUT2D eigenvalue weighted by atomic mass is 79.9. The summed E-state index contributed by atoms with van der Waals surface area (Å²) in [5.41, 5.74) is 7.40. The third-order valence-electron chi connectivity index (χ3n) is 1.43. The van der Waals surface area contributed by atoms with Crippen LogP contribution in [0.1, 0.15) is 0 Å². The van der Waals surface area contributed by atoms with Crippen LogP contribution in [-0.4, -0.2) is 6.54 Å². The Labute approximate surface area is 80.6 Å². The third kappa shape index (κ3) is 2.58. The van der Waals surface area contributed by atoms with Crippen LogP contribution in [0.25, 0.3) is 0 Å². The zero-order valence-corrected chi connectivity index (χ0v) is 8.26. The van der Waals surface area contributed by atoms with Crippen LogP contribution in [0, 0.1) is 0 Å². The summed E-state index contributed by atoms with van der Waals surface area (Å²) in [6.07, 6.45) is 0. The molecule has 0 atom stereocenters. The van der Waals surface area contributed by atoms with E-state index in [2.05, 4.69) is 27.8 Å². The molecule has 0 aliphatic heterocycles. The minimum atomic E-state index is 0.689. The van der Waals surface area contributed by atoms with Gasteiger partial charge in [-0.3, -0.25) is 0 Å². The van der Waals surface area contributed by atoms with Crippen LogP contribution in [0.5, 0.6) is 0 Å².